The number of aryl methyl sites for hydroxylation is 1. The summed E-state index contributed by atoms with van der Waals surface area (Å²) in [6.07, 6.45) is 2.16. The van der Waals surface area contributed by atoms with E-state index in [9.17, 15) is 14.0 Å². The Kier molecular flexibility index (Phi) is 7.51. The van der Waals surface area contributed by atoms with Crippen LogP contribution in [0.1, 0.15) is 18.4 Å². The molecule has 0 bridgehead atoms. The van der Waals surface area contributed by atoms with Gasteiger partial charge in [-0.2, -0.15) is 0 Å². The molecule has 3 aromatic rings. The minimum Gasteiger partial charge on any atom is -0.450 e. The zero-order valence-electron chi connectivity index (χ0n) is 19.2. The molecule has 1 fully saturated rings. The molecule has 1 aliphatic heterocycles. The molecule has 1 aliphatic rings. The molecule has 11 heteroatoms. The molecule has 0 atom stereocenters. The van der Waals surface area contributed by atoms with Gasteiger partial charge in [0, 0.05) is 57.2 Å². The number of hydrogen-bond acceptors (Lipinski definition) is 6. The zero-order valence-corrected chi connectivity index (χ0v) is 20.0. The van der Waals surface area contributed by atoms with Crippen LogP contribution in [0.15, 0.2) is 47.8 Å². The second-order valence-corrected chi connectivity index (χ2v) is 8.80. The molecule has 0 saturated carbocycles. The number of thioether (sulfide) groups is 1. The Morgan fingerprint density at radius 3 is 2.41 bits per heavy atom. The van der Waals surface area contributed by atoms with Gasteiger partial charge in [0.05, 0.1) is 12.4 Å². The van der Waals surface area contributed by atoms with E-state index in [1.807, 2.05) is 34.5 Å². The summed E-state index contributed by atoms with van der Waals surface area (Å²) in [4.78, 5) is 28.1. The summed E-state index contributed by atoms with van der Waals surface area (Å²) < 4.78 is 22.4. The van der Waals surface area contributed by atoms with Crippen LogP contribution in [-0.2, 0) is 23.0 Å². The van der Waals surface area contributed by atoms with Gasteiger partial charge in [-0.05, 0) is 43.3 Å². The number of benzene rings is 1. The van der Waals surface area contributed by atoms with E-state index in [1.165, 1.54) is 23.9 Å². The highest BCUT2D eigenvalue weighted by molar-refractivity contribution is 7.99. The third-order valence-corrected chi connectivity index (χ3v) is 6.57. The van der Waals surface area contributed by atoms with Crippen molar-refractivity contribution in [3.8, 4) is 5.69 Å². The lowest BCUT2D eigenvalue weighted by atomic mass is 10.2. The molecule has 0 N–H and O–H groups in total. The molecule has 4 rings (SSSR count). The second kappa shape index (κ2) is 10.7. The Labute approximate surface area is 201 Å². The van der Waals surface area contributed by atoms with Crippen molar-refractivity contribution in [1.29, 1.82) is 0 Å². The lowest BCUT2D eigenvalue weighted by Gasteiger charge is -2.34. The van der Waals surface area contributed by atoms with E-state index in [-0.39, 0.29) is 23.6 Å². The molecule has 0 spiro atoms. The molecule has 0 aliphatic carbocycles. The van der Waals surface area contributed by atoms with E-state index in [2.05, 4.69) is 10.2 Å². The van der Waals surface area contributed by atoms with Crippen LogP contribution < -0.4 is 0 Å². The summed E-state index contributed by atoms with van der Waals surface area (Å²) in [6, 6.07) is 10.1. The number of halogens is 1. The fourth-order valence-electron chi connectivity index (χ4n) is 3.77. The fraction of sp³-hybridized carbons (Fsp3) is 0.391. The molecule has 3 heterocycles. The highest BCUT2D eigenvalue weighted by Gasteiger charge is 2.25. The minimum absolute atomic E-state index is 0.0360. The summed E-state index contributed by atoms with van der Waals surface area (Å²) in [5, 5.41) is 9.27. The normalized spacial score (nSPS) is 13.9. The molecule has 1 saturated heterocycles. The van der Waals surface area contributed by atoms with Crippen LogP contribution >= 0.6 is 11.8 Å². The van der Waals surface area contributed by atoms with Gasteiger partial charge in [0.1, 0.15) is 11.6 Å². The summed E-state index contributed by atoms with van der Waals surface area (Å²) in [5.74, 6) is 0.521. The number of carbonyl (C=O) groups excluding carboxylic acids is 2. The second-order valence-electron chi connectivity index (χ2n) is 7.85. The monoisotopic (exact) mass is 486 g/mol. The molecule has 0 radical (unpaired) electrons. The molecule has 34 heavy (non-hydrogen) atoms. The smallest absolute Gasteiger partial charge is 0.409 e. The van der Waals surface area contributed by atoms with E-state index in [4.69, 9.17) is 4.74 Å². The maximum atomic E-state index is 13.5. The predicted molar refractivity (Wildman–Crippen MR) is 125 cm³/mol. The average molecular weight is 487 g/mol. The van der Waals surface area contributed by atoms with E-state index in [0.717, 1.165) is 11.4 Å². The zero-order chi connectivity index (χ0) is 24.1. The molecule has 2 amide bonds. The SMILES string of the molecule is CCOC(=O)N1CCN(C(=O)CSc2nnc(Cc3cccn3C)n2-c2ccc(F)cc2)CC1. The predicted octanol–water partition coefficient (Wildman–Crippen LogP) is 2.73. The minimum atomic E-state index is -0.345. The summed E-state index contributed by atoms with van der Waals surface area (Å²) in [6.45, 7) is 3.91. The quantitative estimate of drug-likeness (QED) is 0.478. The third kappa shape index (κ3) is 5.41. The summed E-state index contributed by atoms with van der Waals surface area (Å²) in [7, 11) is 1.96. The van der Waals surface area contributed by atoms with Gasteiger partial charge in [0.15, 0.2) is 5.16 Å². The standard InChI is InChI=1S/C23H27FN6O3S/c1-3-33-23(32)29-13-11-28(12-14-29)21(31)16-34-22-26-25-20(15-19-5-4-10-27(19)2)30(22)18-8-6-17(24)7-9-18/h4-10H,3,11-16H2,1-2H3. The van der Waals surface area contributed by atoms with Crippen LogP contribution in [0.25, 0.3) is 5.69 Å². The maximum Gasteiger partial charge on any atom is 0.409 e. The first-order valence-electron chi connectivity index (χ1n) is 11.1. The van der Waals surface area contributed by atoms with Gasteiger partial charge in [0.2, 0.25) is 5.91 Å². The molecule has 180 valence electrons. The Morgan fingerprint density at radius 1 is 1.06 bits per heavy atom. The van der Waals surface area contributed by atoms with Gasteiger partial charge in [0.25, 0.3) is 0 Å². The van der Waals surface area contributed by atoms with E-state index in [1.54, 1.807) is 28.9 Å². The van der Waals surface area contributed by atoms with Crippen molar-refractivity contribution in [2.24, 2.45) is 7.05 Å². The average Bonchev–Trinajstić information content (AvgIpc) is 3.44. The Bertz CT molecular complexity index is 1140. The van der Waals surface area contributed by atoms with E-state index < -0.39 is 0 Å². The van der Waals surface area contributed by atoms with Crippen molar-refractivity contribution in [2.75, 3.05) is 38.5 Å². The van der Waals surface area contributed by atoms with E-state index in [0.29, 0.717) is 50.2 Å². The Balaban J connectivity index is 1.45. The number of aromatic nitrogens is 4. The van der Waals surface area contributed by atoms with Gasteiger partial charge < -0.3 is 19.1 Å². The topological polar surface area (TPSA) is 85.5 Å². The number of nitrogens with zero attached hydrogens (tertiary/aromatic N) is 6. The van der Waals surface area contributed by atoms with Crippen LogP contribution in [0.2, 0.25) is 0 Å². The van der Waals surface area contributed by atoms with Crippen LogP contribution in [-0.4, -0.2) is 79.7 Å². The molecule has 1 aromatic carbocycles. The Morgan fingerprint density at radius 2 is 1.76 bits per heavy atom. The van der Waals surface area contributed by atoms with Gasteiger partial charge in [-0.3, -0.25) is 9.36 Å². The van der Waals surface area contributed by atoms with Crippen molar-refractivity contribution in [2.45, 2.75) is 18.5 Å². The fourth-order valence-corrected chi connectivity index (χ4v) is 4.64. The first kappa shape index (κ1) is 23.8. The van der Waals surface area contributed by atoms with Gasteiger partial charge in [-0.25, -0.2) is 9.18 Å². The van der Waals surface area contributed by atoms with Crippen molar-refractivity contribution >= 4 is 23.8 Å². The van der Waals surface area contributed by atoms with Crippen LogP contribution in [0.5, 0.6) is 0 Å². The highest BCUT2D eigenvalue weighted by atomic mass is 32.2. The van der Waals surface area contributed by atoms with Crippen molar-refractivity contribution in [3.63, 3.8) is 0 Å². The van der Waals surface area contributed by atoms with Gasteiger partial charge in [-0.1, -0.05) is 11.8 Å². The number of hydrogen-bond donors (Lipinski definition) is 0. The van der Waals surface area contributed by atoms with Crippen LogP contribution in [0.4, 0.5) is 9.18 Å². The summed E-state index contributed by atoms with van der Waals surface area (Å²) >= 11 is 1.29. The molecule has 0 unspecified atom stereocenters. The number of piperazine rings is 1. The number of rotatable bonds is 7. The molecular formula is C23H27FN6O3S. The lowest BCUT2D eigenvalue weighted by molar-refractivity contribution is -0.129. The van der Waals surface area contributed by atoms with E-state index >= 15 is 0 Å². The first-order valence-corrected chi connectivity index (χ1v) is 12.1. The van der Waals surface area contributed by atoms with Crippen LogP contribution in [0.3, 0.4) is 0 Å². The van der Waals surface area contributed by atoms with Crippen LogP contribution in [0, 0.1) is 5.82 Å². The van der Waals surface area contributed by atoms with Gasteiger partial charge in [-0.15, -0.1) is 10.2 Å². The lowest BCUT2D eigenvalue weighted by Crippen LogP contribution is -2.51. The number of carbonyl (C=O) groups is 2. The van der Waals surface area contributed by atoms with Crippen molar-refractivity contribution in [3.05, 3.63) is 59.9 Å². The highest BCUT2D eigenvalue weighted by Crippen LogP contribution is 2.24. The Hall–Kier alpha value is -3.34. The van der Waals surface area contributed by atoms with Gasteiger partial charge >= 0.3 is 6.09 Å². The number of ether oxygens (including phenoxy) is 1. The molecule has 9 nitrogen and oxygen atoms in total. The third-order valence-electron chi connectivity index (χ3n) is 5.66. The van der Waals surface area contributed by atoms with Crippen molar-refractivity contribution in [1.82, 2.24) is 29.1 Å². The molecule has 2 aromatic heterocycles. The van der Waals surface area contributed by atoms with Crippen molar-refractivity contribution < 1.29 is 18.7 Å². The maximum absolute atomic E-state index is 13.5. The molecular weight excluding hydrogens is 459 g/mol. The number of amides is 2. The first-order chi connectivity index (χ1) is 16.5. The summed E-state index contributed by atoms with van der Waals surface area (Å²) in [5.41, 5.74) is 1.79. The largest absolute Gasteiger partial charge is 0.450 e.